The van der Waals surface area contributed by atoms with Gasteiger partial charge in [-0.25, -0.2) is 8.78 Å². The van der Waals surface area contributed by atoms with Crippen molar-refractivity contribution in [3.63, 3.8) is 0 Å². The average molecular weight is 368 g/mol. The molecular weight excluding hydrogens is 359 g/mol. The molecule has 24 heavy (non-hydrogen) atoms. The minimum absolute atomic E-state index is 0.0193. The first-order valence-electron chi connectivity index (χ1n) is 6.70. The van der Waals surface area contributed by atoms with Crippen LogP contribution in [0, 0.1) is 11.6 Å². The van der Waals surface area contributed by atoms with Crippen LogP contribution in [0.1, 0.15) is 11.5 Å². The van der Waals surface area contributed by atoms with E-state index in [1.54, 1.807) is 12.1 Å². The summed E-state index contributed by atoms with van der Waals surface area (Å²) in [6.45, 7) is 0. The molecule has 0 aliphatic heterocycles. The van der Waals surface area contributed by atoms with E-state index in [0.29, 0.717) is 11.3 Å². The van der Waals surface area contributed by atoms with Crippen molar-refractivity contribution in [3.05, 3.63) is 69.5 Å². The summed E-state index contributed by atoms with van der Waals surface area (Å²) in [6.07, 6.45) is 3.14. The molecule has 0 saturated heterocycles. The highest BCUT2D eigenvalue weighted by Crippen LogP contribution is 2.23. The Kier molecular flexibility index (Phi) is 4.78. The van der Waals surface area contributed by atoms with Gasteiger partial charge in [0.25, 0.3) is 0 Å². The van der Waals surface area contributed by atoms with E-state index in [0.717, 1.165) is 0 Å². The normalized spacial score (nSPS) is 11.2. The van der Waals surface area contributed by atoms with Crippen molar-refractivity contribution in [1.82, 2.24) is 10.2 Å². The number of aromatic nitrogens is 2. The van der Waals surface area contributed by atoms with E-state index in [1.165, 1.54) is 36.4 Å². The minimum Gasteiger partial charge on any atom is -0.404 e. The molecule has 3 aromatic rings. The number of hydrogen-bond donors (Lipinski definition) is 1. The maximum absolute atomic E-state index is 13.4. The van der Waals surface area contributed by atoms with Crippen molar-refractivity contribution in [2.75, 3.05) is 5.32 Å². The van der Waals surface area contributed by atoms with Gasteiger partial charge in [-0.1, -0.05) is 34.4 Å². The molecule has 1 N–H and O–H groups in total. The second kappa shape index (κ2) is 6.98. The Morgan fingerprint density at radius 2 is 1.79 bits per heavy atom. The molecule has 0 fully saturated rings. The summed E-state index contributed by atoms with van der Waals surface area (Å²) in [5, 5.41) is 10.6. The summed E-state index contributed by atoms with van der Waals surface area (Å²) < 4.78 is 31.7. The Labute approximate surface area is 145 Å². The Morgan fingerprint density at radius 1 is 0.958 bits per heavy atom. The van der Waals surface area contributed by atoms with E-state index in [1.807, 2.05) is 0 Å². The van der Waals surface area contributed by atoms with Crippen LogP contribution in [0.15, 0.2) is 40.8 Å². The van der Waals surface area contributed by atoms with Crippen LogP contribution in [0.3, 0.4) is 0 Å². The Hall–Kier alpha value is -2.44. The molecule has 0 saturated carbocycles. The van der Waals surface area contributed by atoms with Crippen LogP contribution in [0.4, 0.5) is 20.5 Å². The monoisotopic (exact) mass is 367 g/mol. The fourth-order valence-electron chi connectivity index (χ4n) is 1.85. The van der Waals surface area contributed by atoms with Gasteiger partial charge in [0, 0.05) is 11.8 Å². The molecule has 0 bridgehead atoms. The number of rotatable bonds is 4. The van der Waals surface area contributed by atoms with E-state index >= 15 is 0 Å². The molecule has 0 aliphatic carbocycles. The standard InChI is InChI=1S/C16H9Cl2F2N3O/c17-12-5-4-11(8-14(12)20)21-16-23-22-15(24-16)6-2-9-1-3-10(19)7-13(9)18/h1-8H,(H,21,23)/b6-2+. The van der Waals surface area contributed by atoms with Crippen molar-refractivity contribution in [2.45, 2.75) is 0 Å². The number of hydrogen-bond acceptors (Lipinski definition) is 4. The van der Waals surface area contributed by atoms with Gasteiger partial charge in [0.05, 0.1) is 10.0 Å². The SMILES string of the molecule is Fc1ccc(/C=C/c2nnc(Nc3ccc(Cl)c(F)c3)o2)c(Cl)c1. The molecule has 8 heteroatoms. The second-order valence-electron chi connectivity index (χ2n) is 4.70. The van der Waals surface area contributed by atoms with Crippen molar-refractivity contribution in [2.24, 2.45) is 0 Å². The lowest BCUT2D eigenvalue weighted by Crippen LogP contribution is -1.91. The highest BCUT2D eigenvalue weighted by molar-refractivity contribution is 6.32. The molecule has 0 radical (unpaired) electrons. The number of nitrogens with one attached hydrogen (secondary N) is 1. The number of anilines is 2. The van der Waals surface area contributed by atoms with Crippen LogP contribution in [-0.2, 0) is 0 Å². The van der Waals surface area contributed by atoms with E-state index in [2.05, 4.69) is 15.5 Å². The highest BCUT2D eigenvalue weighted by Gasteiger charge is 2.06. The van der Waals surface area contributed by atoms with Crippen molar-refractivity contribution >= 4 is 47.1 Å². The van der Waals surface area contributed by atoms with Gasteiger partial charge in [0.15, 0.2) is 0 Å². The van der Waals surface area contributed by atoms with E-state index in [-0.39, 0.29) is 22.0 Å². The zero-order valence-electron chi connectivity index (χ0n) is 11.9. The van der Waals surface area contributed by atoms with Gasteiger partial charge < -0.3 is 9.73 Å². The van der Waals surface area contributed by atoms with Gasteiger partial charge in [0.2, 0.25) is 5.89 Å². The first-order chi connectivity index (χ1) is 11.5. The minimum atomic E-state index is -0.563. The molecule has 3 rings (SSSR count). The summed E-state index contributed by atoms with van der Waals surface area (Å²) in [4.78, 5) is 0. The number of nitrogens with zero attached hydrogens (tertiary/aromatic N) is 2. The molecule has 0 aliphatic rings. The summed E-state index contributed by atoms with van der Waals surface area (Å²) in [7, 11) is 0. The third kappa shape index (κ3) is 3.90. The molecule has 0 atom stereocenters. The molecule has 0 unspecified atom stereocenters. The van der Waals surface area contributed by atoms with Crippen LogP contribution in [0.2, 0.25) is 10.0 Å². The fourth-order valence-corrected chi connectivity index (χ4v) is 2.20. The molecule has 4 nitrogen and oxygen atoms in total. The van der Waals surface area contributed by atoms with Crippen LogP contribution >= 0.6 is 23.2 Å². The maximum atomic E-state index is 13.4. The lowest BCUT2D eigenvalue weighted by atomic mass is 10.2. The first-order valence-corrected chi connectivity index (χ1v) is 7.45. The molecule has 1 aromatic heterocycles. The van der Waals surface area contributed by atoms with Gasteiger partial charge in [-0.15, -0.1) is 5.10 Å². The van der Waals surface area contributed by atoms with Crippen LogP contribution in [0.25, 0.3) is 12.2 Å². The molecule has 0 spiro atoms. The Bertz CT molecular complexity index is 912. The Balaban J connectivity index is 1.73. The van der Waals surface area contributed by atoms with Crippen LogP contribution < -0.4 is 5.32 Å². The third-order valence-electron chi connectivity index (χ3n) is 2.98. The molecule has 2 aromatic carbocycles. The van der Waals surface area contributed by atoms with Gasteiger partial charge in [-0.2, -0.15) is 0 Å². The van der Waals surface area contributed by atoms with Crippen molar-refractivity contribution in [1.29, 1.82) is 0 Å². The smallest absolute Gasteiger partial charge is 0.320 e. The molecule has 1 heterocycles. The zero-order chi connectivity index (χ0) is 17.1. The van der Waals surface area contributed by atoms with Gasteiger partial charge in [-0.3, -0.25) is 0 Å². The molecule has 0 amide bonds. The Morgan fingerprint density at radius 3 is 2.54 bits per heavy atom. The van der Waals surface area contributed by atoms with Crippen LogP contribution in [-0.4, -0.2) is 10.2 Å². The topological polar surface area (TPSA) is 51.0 Å². The zero-order valence-corrected chi connectivity index (χ0v) is 13.4. The summed E-state index contributed by atoms with van der Waals surface area (Å²) in [5.41, 5.74) is 1.02. The summed E-state index contributed by atoms with van der Waals surface area (Å²) >= 11 is 11.5. The van der Waals surface area contributed by atoms with E-state index in [9.17, 15) is 8.78 Å². The van der Waals surface area contributed by atoms with Crippen molar-refractivity contribution < 1.29 is 13.2 Å². The average Bonchev–Trinajstić information content (AvgIpc) is 2.98. The largest absolute Gasteiger partial charge is 0.404 e. The van der Waals surface area contributed by atoms with E-state index in [4.69, 9.17) is 27.6 Å². The first kappa shape index (κ1) is 16.4. The van der Waals surface area contributed by atoms with E-state index < -0.39 is 11.6 Å². The molecule has 122 valence electrons. The predicted molar refractivity (Wildman–Crippen MR) is 89.3 cm³/mol. The predicted octanol–water partition coefficient (Wildman–Crippen LogP) is 5.57. The van der Waals surface area contributed by atoms with Gasteiger partial charge in [-0.05, 0) is 42.0 Å². The second-order valence-corrected chi connectivity index (χ2v) is 5.51. The summed E-state index contributed by atoms with van der Waals surface area (Å²) in [5.74, 6) is -0.781. The fraction of sp³-hybridized carbons (Fsp3) is 0. The quantitative estimate of drug-likeness (QED) is 0.654. The lowest BCUT2D eigenvalue weighted by Gasteiger charge is -2.01. The van der Waals surface area contributed by atoms with Crippen LogP contribution in [0.5, 0.6) is 0 Å². The van der Waals surface area contributed by atoms with Gasteiger partial charge >= 0.3 is 6.01 Å². The maximum Gasteiger partial charge on any atom is 0.320 e. The third-order valence-corrected chi connectivity index (χ3v) is 3.61. The highest BCUT2D eigenvalue weighted by atomic mass is 35.5. The molecular formula is C16H9Cl2F2N3O. The lowest BCUT2D eigenvalue weighted by molar-refractivity contribution is 0.560. The number of benzene rings is 2. The summed E-state index contributed by atoms with van der Waals surface area (Å²) in [6, 6.07) is 8.30. The van der Waals surface area contributed by atoms with Gasteiger partial charge in [0.1, 0.15) is 11.6 Å². The number of halogens is 4. The van der Waals surface area contributed by atoms with Crippen molar-refractivity contribution in [3.8, 4) is 0 Å².